The Labute approximate surface area is 173 Å². The summed E-state index contributed by atoms with van der Waals surface area (Å²) in [7, 11) is -3.59. The minimum Gasteiger partial charge on any atom is -0.352 e. The van der Waals surface area contributed by atoms with E-state index < -0.39 is 10.0 Å². The van der Waals surface area contributed by atoms with Crippen molar-refractivity contribution >= 4 is 21.7 Å². The Kier molecular flexibility index (Phi) is 7.08. The molecule has 1 amide bonds. The minimum atomic E-state index is -3.59. The monoisotopic (exact) mass is 421 g/mol. The second-order valence-electron chi connectivity index (χ2n) is 8.20. The average Bonchev–Trinajstić information content (AvgIpc) is 2.70. The van der Waals surface area contributed by atoms with E-state index in [9.17, 15) is 18.0 Å². The topological polar surface area (TPSA) is 86.8 Å². The Hall–Kier alpha value is -1.77. The van der Waals surface area contributed by atoms with Crippen molar-refractivity contribution in [1.82, 2.24) is 14.5 Å². The van der Waals surface area contributed by atoms with Crippen LogP contribution in [0, 0.1) is 5.92 Å². The molecule has 1 aromatic carbocycles. The van der Waals surface area contributed by atoms with Crippen LogP contribution in [-0.4, -0.2) is 68.1 Å². The fraction of sp³-hybridized carbons (Fsp3) is 0.619. The van der Waals surface area contributed by atoms with E-state index in [2.05, 4.69) is 12.2 Å². The lowest BCUT2D eigenvalue weighted by molar-refractivity contribution is -0.123. The zero-order chi connectivity index (χ0) is 21.0. The third-order valence-electron chi connectivity index (χ3n) is 6.05. The maximum absolute atomic E-state index is 12.8. The fourth-order valence-electron chi connectivity index (χ4n) is 4.12. The smallest absolute Gasteiger partial charge is 0.243 e. The number of Topliss-reactive ketones (excluding diaryl/α,β-unsaturated/α-hetero) is 1. The van der Waals surface area contributed by atoms with Crippen LogP contribution in [0.15, 0.2) is 29.2 Å². The van der Waals surface area contributed by atoms with Crippen LogP contribution in [-0.2, 0) is 14.8 Å². The molecule has 0 aromatic heterocycles. The Balaban J connectivity index is 1.51. The van der Waals surface area contributed by atoms with Crippen molar-refractivity contribution in [2.24, 2.45) is 5.92 Å². The zero-order valence-corrected chi connectivity index (χ0v) is 18.1. The number of amides is 1. The Morgan fingerprint density at radius 3 is 2.24 bits per heavy atom. The Bertz CT molecular complexity index is 830. The standard InChI is InChI=1S/C21H31N3O4S/c1-16-5-3-4-6-20(16)22-21(26)15-23-11-13-24(14-12-23)29(27,28)19-9-7-18(8-10-19)17(2)25/h7-10,16,20H,3-6,11-15H2,1-2H3,(H,22,26)/t16-,20-/m0/s1. The van der Waals surface area contributed by atoms with Gasteiger partial charge in [0.05, 0.1) is 11.4 Å². The summed E-state index contributed by atoms with van der Waals surface area (Å²) in [6.45, 7) is 5.71. The molecular formula is C21H31N3O4S. The van der Waals surface area contributed by atoms with Gasteiger partial charge in [0.2, 0.25) is 15.9 Å². The molecule has 7 nitrogen and oxygen atoms in total. The van der Waals surface area contributed by atoms with Gasteiger partial charge in [0.15, 0.2) is 5.78 Å². The normalized spacial score (nSPS) is 24.2. The molecule has 1 saturated carbocycles. The van der Waals surface area contributed by atoms with Crippen molar-refractivity contribution in [3.8, 4) is 0 Å². The summed E-state index contributed by atoms with van der Waals surface area (Å²) in [5.41, 5.74) is 0.493. The molecule has 1 aromatic rings. The second-order valence-corrected chi connectivity index (χ2v) is 10.1. The summed E-state index contributed by atoms with van der Waals surface area (Å²) in [6, 6.07) is 6.31. The van der Waals surface area contributed by atoms with Gasteiger partial charge in [-0.2, -0.15) is 4.31 Å². The van der Waals surface area contributed by atoms with Gasteiger partial charge in [-0.25, -0.2) is 8.42 Å². The van der Waals surface area contributed by atoms with Crippen LogP contribution < -0.4 is 5.32 Å². The van der Waals surface area contributed by atoms with Crippen molar-refractivity contribution in [2.75, 3.05) is 32.7 Å². The highest BCUT2D eigenvalue weighted by Gasteiger charge is 2.30. The van der Waals surface area contributed by atoms with Gasteiger partial charge in [-0.3, -0.25) is 14.5 Å². The number of carbonyl (C=O) groups excluding carboxylic acids is 2. The molecule has 0 radical (unpaired) electrons. The largest absolute Gasteiger partial charge is 0.352 e. The molecule has 1 heterocycles. The van der Waals surface area contributed by atoms with Gasteiger partial charge >= 0.3 is 0 Å². The average molecular weight is 422 g/mol. The van der Waals surface area contributed by atoms with Gasteiger partial charge in [-0.1, -0.05) is 31.9 Å². The minimum absolute atomic E-state index is 0.0277. The number of piperazine rings is 1. The number of hydrogen-bond donors (Lipinski definition) is 1. The van der Waals surface area contributed by atoms with E-state index in [1.54, 1.807) is 12.1 Å². The van der Waals surface area contributed by atoms with Crippen molar-refractivity contribution < 1.29 is 18.0 Å². The lowest BCUT2D eigenvalue weighted by atomic mass is 9.86. The fourth-order valence-corrected chi connectivity index (χ4v) is 5.55. The lowest BCUT2D eigenvalue weighted by Gasteiger charge is -2.34. The Morgan fingerprint density at radius 2 is 1.66 bits per heavy atom. The number of hydrogen-bond acceptors (Lipinski definition) is 5. The summed E-state index contributed by atoms with van der Waals surface area (Å²) in [6.07, 6.45) is 4.61. The molecule has 1 aliphatic carbocycles. The quantitative estimate of drug-likeness (QED) is 0.709. The van der Waals surface area contributed by atoms with Crippen molar-refractivity contribution in [3.63, 3.8) is 0 Å². The van der Waals surface area contributed by atoms with E-state index in [1.807, 2.05) is 4.90 Å². The van der Waals surface area contributed by atoms with Gasteiger partial charge < -0.3 is 5.32 Å². The number of carbonyl (C=O) groups is 2. The highest BCUT2D eigenvalue weighted by molar-refractivity contribution is 7.89. The summed E-state index contributed by atoms with van der Waals surface area (Å²) in [5, 5.41) is 3.16. The predicted molar refractivity (Wildman–Crippen MR) is 111 cm³/mol. The zero-order valence-electron chi connectivity index (χ0n) is 17.3. The van der Waals surface area contributed by atoms with Crippen LogP contribution in [0.5, 0.6) is 0 Å². The van der Waals surface area contributed by atoms with E-state index in [0.29, 0.717) is 44.2 Å². The first-order valence-electron chi connectivity index (χ1n) is 10.4. The molecule has 8 heteroatoms. The summed E-state index contributed by atoms with van der Waals surface area (Å²) in [4.78, 5) is 26.0. The molecule has 29 heavy (non-hydrogen) atoms. The van der Waals surface area contributed by atoms with E-state index in [0.717, 1.165) is 12.8 Å². The Morgan fingerprint density at radius 1 is 1.03 bits per heavy atom. The van der Waals surface area contributed by atoms with Gasteiger partial charge in [-0.05, 0) is 37.8 Å². The third kappa shape index (κ3) is 5.43. The van der Waals surface area contributed by atoms with E-state index in [-0.39, 0.29) is 22.6 Å². The van der Waals surface area contributed by atoms with Crippen LogP contribution in [0.25, 0.3) is 0 Å². The van der Waals surface area contributed by atoms with E-state index in [1.165, 1.54) is 36.2 Å². The summed E-state index contributed by atoms with van der Waals surface area (Å²) in [5.74, 6) is 0.451. The first kappa shape index (κ1) is 21.9. The molecule has 160 valence electrons. The molecule has 0 bridgehead atoms. The number of ketones is 1. The maximum Gasteiger partial charge on any atom is 0.243 e. The first-order chi connectivity index (χ1) is 13.8. The number of sulfonamides is 1. The molecule has 1 N–H and O–H groups in total. The number of benzene rings is 1. The van der Waals surface area contributed by atoms with Crippen LogP contribution in [0.4, 0.5) is 0 Å². The number of rotatable bonds is 6. The van der Waals surface area contributed by atoms with Crippen molar-refractivity contribution in [2.45, 2.75) is 50.5 Å². The summed E-state index contributed by atoms with van der Waals surface area (Å²) < 4.78 is 27.1. The van der Waals surface area contributed by atoms with Crippen molar-refractivity contribution in [1.29, 1.82) is 0 Å². The molecule has 2 aliphatic rings. The van der Waals surface area contributed by atoms with Crippen LogP contribution >= 0.6 is 0 Å². The molecular weight excluding hydrogens is 390 g/mol. The lowest BCUT2D eigenvalue weighted by Crippen LogP contribution is -2.52. The highest BCUT2D eigenvalue weighted by atomic mass is 32.2. The number of nitrogens with one attached hydrogen (secondary N) is 1. The molecule has 1 aliphatic heterocycles. The molecule has 2 fully saturated rings. The van der Waals surface area contributed by atoms with Gasteiger partial charge in [0.25, 0.3) is 0 Å². The van der Waals surface area contributed by atoms with Crippen LogP contribution in [0.1, 0.15) is 49.9 Å². The highest BCUT2D eigenvalue weighted by Crippen LogP contribution is 2.23. The molecule has 0 unspecified atom stereocenters. The SMILES string of the molecule is CC(=O)c1ccc(S(=O)(=O)N2CCN(CC(=O)N[C@H]3CCCC[C@@H]3C)CC2)cc1. The van der Waals surface area contributed by atoms with Gasteiger partial charge in [0, 0.05) is 37.8 Å². The number of nitrogens with zero attached hydrogens (tertiary/aromatic N) is 2. The van der Waals surface area contributed by atoms with E-state index in [4.69, 9.17) is 0 Å². The molecule has 3 rings (SSSR count). The summed E-state index contributed by atoms with van der Waals surface area (Å²) >= 11 is 0. The van der Waals surface area contributed by atoms with Crippen LogP contribution in [0.2, 0.25) is 0 Å². The second kappa shape index (κ2) is 9.36. The predicted octanol–water partition coefficient (Wildman–Crippen LogP) is 1.89. The third-order valence-corrected chi connectivity index (χ3v) is 7.97. The molecule has 1 saturated heterocycles. The maximum atomic E-state index is 12.8. The van der Waals surface area contributed by atoms with Gasteiger partial charge in [0.1, 0.15) is 0 Å². The van der Waals surface area contributed by atoms with E-state index >= 15 is 0 Å². The van der Waals surface area contributed by atoms with Crippen molar-refractivity contribution in [3.05, 3.63) is 29.8 Å². The van der Waals surface area contributed by atoms with Crippen LogP contribution in [0.3, 0.4) is 0 Å². The van der Waals surface area contributed by atoms with Gasteiger partial charge in [-0.15, -0.1) is 0 Å². The molecule has 2 atom stereocenters. The molecule has 0 spiro atoms. The first-order valence-corrected chi connectivity index (χ1v) is 11.8.